The highest BCUT2D eigenvalue weighted by Gasteiger charge is 2.00. The summed E-state index contributed by atoms with van der Waals surface area (Å²) in [6, 6.07) is 17.9. The molecule has 0 heteroatoms. The van der Waals surface area contributed by atoms with Crippen LogP contribution in [0.25, 0.3) is 11.1 Å². The minimum Gasteiger partial charge on any atom is -0.0625 e. The summed E-state index contributed by atoms with van der Waals surface area (Å²) in [6.07, 6.45) is 2.27. The number of benzene rings is 2. The molecule has 0 N–H and O–H groups in total. The van der Waals surface area contributed by atoms with Gasteiger partial charge in [-0.1, -0.05) is 69.3 Å². The largest absolute Gasteiger partial charge is 0.0625 e. The molecule has 0 spiro atoms. The van der Waals surface area contributed by atoms with Crippen LogP contribution in [0.1, 0.15) is 31.9 Å². The van der Waals surface area contributed by atoms with Gasteiger partial charge in [-0.3, -0.25) is 0 Å². The summed E-state index contributed by atoms with van der Waals surface area (Å²) in [4.78, 5) is 0. The van der Waals surface area contributed by atoms with Gasteiger partial charge in [-0.2, -0.15) is 0 Å². The zero-order valence-corrected chi connectivity index (χ0v) is 11.6. The molecule has 0 radical (unpaired) electrons. The Balaban J connectivity index is 2.17. The lowest BCUT2D eigenvalue weighted by atomic mass is 9.98. The standard InChI is InChI=1S/C18H22/c1-4-15-5-9-17(10-6-15)18-11-7-16(8-12-18)13-14(2)3/h5-12,14H,4,13H2,1-3H3. The van der Waals surface area contributed by atoms with Crippen LogP contribution in [0, 0.1) is 5.92 Å². The van der Waals surface area contributed by atoms with Crippen molar-refractivity contribution < 1.29 is 0 Å². The minimum atomic E-state index is 0.722. The number of aryl methyl sites for hydroxylation is 1. The Kier molecular flexibility index (Phi) is 4.19. The van der Waals surface area contributed by atoms with E-state index in [1.165, 1.54) is 22.3 Å². The van der Waals surface area contributed by atoms with Gasteiger partial charge in [0, 0.05) is 0 Å². The fourth-order valence-electron chi connectivity index (χ4n) is 2.24. The molecule has 0 aliphatic heterocycles. The van der Waals surface area contributed by atoms with E-state index < -0.39 is 0 Å². The van der Waals surface area contributed by atoms with E-state index in [9.17, 15) is 0 Å². The van der Waals surface area contributed by atoms with Crippen molar-refractivity contribution >= 4 is 0 Å². The Bertz CT molecular complexity index is 474. The summed E-state index contributed by atoms with van der Waals surface area (Å²) in [5.41, 5.74) is 5.45. The highest BCUT2D eigenvalue weighted by Crippen LogP contribution is 2.21. The predicted octanol–water partition coefficient (Wildman–Crippen LogP) is 5.11. The second-order valence-corrected chi connectivity index (χ2v) is 5.35. The van der Waals surface area contributed by atoms with Crippen LogP contribution in [0.4, 0.5) is 0 Å². The zero-order chi connectivity index (χ0) is 13.0. The highest BCUT2D eigenvalue weighted by atomic mass is 14.1. The van der Waals surface area contributed by atoms with Crippen molar-refractivity contribution in [2.45, 2.75) is 33.6 Å². The normalized spacial score (nSPS) is 10.9. The summed E-state index contributed by atoms with van der Waals surface area (Å²) >= 11 is 0. The molecule has 0 fully saturated rings. The second kappa shape index (κ2) is 5.86. The molecule has 0 saturated heterocycles. The molecular formula is C18H22. The number of hydrogen-bond acceptors (Lipinski definition) is 0. The molecule has 94 valence electrons. The van der Waals surface area contributed by atoms with Crippen LogP contribution in [0.3, 0.4) is 0 Å². The Hall–Kier alpha value is -1.56. The van der Waals surface area contributed by atoms with Crippen LogP contribution in [0.15, 0.2) is 48.5 Å². The third-order valence-corrected chi connectivity index (χ3v) is 3.29. The molecule has 0 heterocycles. The first-order valence-corrected chi connectivity index (χ1v) is 6.87. The van der Waals surface area contributed by atoms with E-state index in [-0.39, 0.29) is 0 Å². The van der Waals surface area contributed by atoms with E-state index in [2.05, 4.69) is 69.3 Å². The molecule has 0 aliphatic rings. The monoisotopic (exact) mass is 238 g/mol. The Morgan fingerprint density at radius 1 is 0.722 bits per heavy atom. The van der Waals surface area contributed by atoms with E-state index in [0.29, 0.717) is 0 Å². The molecule has 2 aromatic carbocycles. The second-order valence-electron chi connectivity index (χ2n) is 5.35. The van der Waals surface area contributed by atoms with Crippen LogP contribution in [0.5, 0.6) is 0 Å². The van der Waals surface area contributed by atoms with Gasteiger partial charge in [0.15, 0.2) is 0 Å². The first-order valence-electron chi connectivity index (χ1n) is 6.87. The average molecular weight is 238 g/mol. The third-order valence-electron chi connectivity index (χ3n) is 3.29. The van der Waals surface area contributed by atoms with Crippen LogP contribution in [0.2, 0.25) is 0 Å². The summed E-state index contributed by atoms with van der Waals surface area (Å²) in [7, 11) is 0. The van der Waals surface area contributed by atoms with Crippen molar-refractivity contribution in [3.8, 4) is 11.1 Å². The molecule has 0 bridgehead atoms. The van der Waals surface area contributed by atoms with Gasteiger partial charge >= 0.3 is 0 Å². The van der Waals surface area contributed by atoms with Gasteiger partial charge < -0.3 is 0 Å². The first-order chi connectivity index (χ1) is 8.69. The van der Waals surface area contributed by atoms with Crippen molar-refractivity contribution in [3.05, 3.63) is 59.7 Å². The highest BCUT2D eigenvalue weighted by molar-refractivity contribution is 5.63. The van der Waals surface area contributed by atoms with Crippen molar-refractivity contribution in [2.75, 3.05) is 0 Å². The lowest BCUT2D eigenvalue weighted by Crippen LogP contribution is -1.93. The molecule has 2 rings (SSSR count). The summed E-state index contributed by atoms with van der Waals surface area (Å²) in [5.74, 6) is 0.722. The Morgan fingerprint density at radius 2 is 1.17 bits per heavy atom. The number of hydrogen-bond donors (Lipinski definition) is 0. The third kappa shape index (κ3) is 3.22. The minimum absolute atomic E-state index is 0.722. The predicted molar refractivity (Wildman–Crippen MR) is 79.8 cm³/mol. The van der Waals surface area contributed by atoms with Gasteiger partial charge in [-0.15, -0.1) is 0 Å². The van der Waals surface area contributed by atoms with E-state index >= 15 is 0 Å². The topological polar surface area (TPSA) is 0 Å². The molecule has 0 saturated carbocycles. The van der Waals surface area contributed by atoms with Crippen molar-refractivity contribution in [2.24, 2.45) is 5.92 Å². The first kappa shape index (κ1) is 12.9. The SMILES string of the molecule is CCc1ccc(-c2ccc(CC(C)C)cc2)cc1. The molecule has 0 nitrogen and oxygen atoms in total. The molecule has 0 aromatic heterocycles. The van der Waals surface area contributed by atoms with Gasteiger partial charge in [0.2, 0.25) is 0 Å². The van der Waals surface area contributed by atoms with Gasteiger partial charge in [-0.05, 0) is 41.0 Å². The molecule has 2 aromatic rings. The fourth-order valence-corrected chi connectivity index (χ4v) is 2.24. The fraction of sp³-hybridized carbons (Fsp3) is 0.333. The maximum atomic E-state index is 2.26. The smallest absolute Gasteiger partial charge is 0.0184 e. The van der Waals surface area contributed by atoms with Crippen LogP contribution in [-0.4, -0.2) is 0 Å². The quantitative estimate of drug-likeness (QED) is 0.694. The Labute approximate surface area is 111 Å². The maximum absolute atomic E-state index is 2.26. The number of rotatable bonds is 4. The molecule has 0 amide bonds. The van der Waals surface area contributed by atoms with Crippen LogP contribution in [-0.2, 0) is 12.8 Å². The molecule has 0 unspecified atom stereocenters. The van der Waals surface area contributed by atoms with Gasteiger partial charge in [0.05, 0.1) is 0 Å². The van der Waals surface area contributed by atoms with E-state index in [1.807, 2.05) is 0 Å². The van der Waals surface area contributed by atoms with E-state index in [1.54, 1.807) is 0 Å². The average Bonchev–Trinajstić information content (AvgIpc) is 2.39. The lowest BCUT2D eigenvalue weighted by Gasteiger charge is -2.07. The van der Waals surface area contributed by atoms with Gasteiger partial charge in [-0.25, -0.2) is 0 Å². The summed E-state index contributed by atoms with van der Waals surface area (Å²) in [5, 5.41) is 0. The zero-order valence-electron chi connectivity index (χ0n) is 11.6. The maximum Gasteiger partial charge on any atom is -0.0184 e. The molecule has 0 atom stereocenters. The van der Waals surface area contributed by atoms with Crippen LogP contribution >= 0.6 is 0 Å². The van der Waals surface area contributed by atoms with E-state index in [4.69, 9.17) is 0 Å². The molecule has 18 heavy (non-hydrogen) atoms. The van der Waals surface area contributed by atoms with E-state index in [0.717, 1.165) is 18.8 Å². The lowest BCUT2D eigenvalue weighted by molar-refractivity contribution is 0.647. The molecular weight excluding hydrogens is 216 g/mol. The van der Waals surface area contributed by atoms with Crippen LogP contribution < -0.4 is 0 Å². The van der Waals surface area contributed by atoms with Gasteiger partial charge in [0.25, 0.3) is 0 Å². The van der Waals surface area contributed by atoms with Crippen molar-refractivity contribution in [1.82, 2.24) is 0 Å². The van der Waals surface area contributed by atoms with Crippen molar-refractivity contribution in [1.29, 1.82) is 0 Å². The van der Waals surface area contributed by atoms with Crippen molar-refractivity contribution in [3.63, 3.8) is 0 Å². The summed E-state index contributed by atoms with van der Waals surface area (Å²) < 4.78 is 0. The molecule has 0 aliphatic carbocycles. The Morgan fingerprint density at radius 3 is 1.56 bits per heavy atom. The summed E-state index contributed by atoms with van der Waals surface area (Å²) in [6.45, 7) is 6.71. The van der Waals surface area contributed by atoms with Gasteiger partial charge in [0.1, 0.15) is 0 Å².